The molecule has 37 heavy (non-hydrogen) atoms. The third-order valence-corrected chi connectivity index (χ3v) is 7.77. The van der Waals surface area contributed by atoms with Crippen molar-refractivity contribution in [2.24, 2.45) is 0 Å². The van der Waals surface area contributed by atoms with E-state index in [2.05, 4.69) is 29.9 Å². The molecule has 0 fully saturated rings. The second kappa shape index (κ2) is 10.6. The van der Waals surface area contributed by atoms with Gasteiger partial charge in [0.15, 0.2) is 11.6 Å². The third-order valence-electron chi connectivity index (χ3n) is 5.71. The maximum absolute atomic E-state index is 13.5. The number of aromatic nitrogens is 6. The number of benzene rings is 1. The minimum absolute atomic E-state index is 0.140. The lowest BCUT2D eigenvalue weighted by Crippen LogP contribution is -2.31. The van der Waals surface area contributed by atoms with Crippen LogP contribution in [-0.2, 0) is 10.0 Å². The fourth-order valence-electron chi connectivity index (χ4n) is 3.57. The van der Waals surface area contributed by atoms with E-state index < -0.39 is 27.0 Å². The average molecular weight is 548 g/mol. The van der Waals surface area contributed by atoms with Crippen molar-refractivity contribution in [3.05, 3.63) is 65.6 Å². The number of rotatable bonds is 9. The summed E-state index contributed by atoms with van der Waals surface area (Å²) in [6.45, 7) is 3.12. The van der Waals surface area contributed by atoms with E-state index in [0.29, 0.717) is 22.9 Å². The van der Waals surface area contributed by atoms with Gasteiger partial charge in [-0.05, 0) is 31.2 Å². The van der Waals surface area contributed by atoms with Gasteiger partial charge in [0.25, 0.3) is 0 Å². The highest BCUT2D eigenvalue weighted by molar-refractivity contribution is 7.93. The van der Waals surface area contributed by atoms with Crippen molar-refractivity contribution in [1.82, 2.24) is 29.7 Å². The maximum Gasteiger partial charge on any atom is 0.243 e. The Bertz CT molecular complexity index is 1490. The van der Waals surface area contributed by atoms with Gasteiger partial charge in [0.1, 0.15) is 33.9 Å². The molecule has 0 saturated carbocycles. The molecule has 2 atom stereocenters. The summed E-state index contributed by atoms with van der Waals surface area (Å²) in [5.41, 5.74) is 0.675. The van der Waals surface area contributed by atoms with Gasteiger partial charge in [-0.15, -0.1) is 10.2 Å². The van der Waals surface area contributed by atoms with E-state index in [1.165, 1.54) is 25.7 Å². The number of hydrogen-bond acceptors (Lipinski definition) is 9. The minimum atomic E-state index is -4.09. The number of pyridine rings is 1. The second-order valence-corrected chi connectivity index (χ2v) is 10.4. The van der Waals surface area contributed by atoms with Crippen LogP contribution in [0.4, 0.5) is 10.3 Å². The Hall–Kier alpha value is -3.84. The van der Waals surface area contributed by atoms with Gasteiger partial charge in [-0.2, -0.15) is 0 Å². The number of sulfonamides is 1. The number of nitrogens with one attached hydrogen (secondary N) is 1. The van der Waals surface area contributed by atoms with Gasteiger partial charge in [0.2, 0.25) is 16.0 Å². The molecular weight excluding hydrogens is 525 g/mol. The first-order valence-corrected chi connectivity index (χ1v) is 12.9. The van der Waals surface area contributed by atoms with Gasteiger partial charge >= 0.3 is 0 Å². The van der Waals surface area contributed by atoms with Crippen molar-refractivity contribution in [3.63, 3.8) is 0 Å². The highest BCUT2D eigenvalue weighted by Gasteiger charge is 2.32. The topological polar surface area (TPSA) is 134 Å². The van der Waals surface area contributed by atoms with Crippen molar-refractivity contribution >= 4 is 27.6 Å². The first-order valence-electron chi connectivity index (χ1n) is 10.9. The first kappa shape index (κ1) is 26.2. The molecule has 0 aliphatic carbocycles. The van der Waals surface area contributed by atoms with Crippen LogP contribution in [0.3, 0.4) is 0 Å². The van der Waals surface area contributed by atoms with Gasteiger partial charge in [0.05, 0.1) is 31.9 Å². The molecule has 0 bridgehead atoms. The largest absolute Gasteiger partial charge is 0.494 e. The number of para-hydroxylation sites is 1. The van der Waals surface area contributed by atoms with Crippen LogP contribution >= 0.6 is 11.6 Å². The van der Waals surface area contributed by atoms with Crippen LogP contribution in [0.2, 0.25) is 5.15 Å². The molecule has 3 heterocycles. The van der Waals surface area contributed by atoms with Gasteiger partial charge < -0.3 is 9.47 Å². The predicted octanol–water partition coefficient (Wildman–Crippen LogP) is 3.86. The summed E-state index contributed by atoms with van der Waals surface area (Å²) in [4.78, 5) is 12.1. The molecule has 4 aromatic rings. The molecule has 0 aliphatic rings. The molecule has 194 valence electrons. The molecule has 4 rings (SSSR count). The Balaban J connectivity index is 1.83. The van der Waals surface area contributed by atoms with E-state index in [4.69, 9.17) is 21.1 Å². The van der Waals surface area contributed by atoms with Crippen molar-refractivity contribution in [3.8, 4) is 28.7 Å². The summed E-state index contributed by atoms with van der Waals surface area (Å²) >= 11 is 6.10. The van der Waals surface area contributed by atoms with Crippen LogP contribution in [0, 0.1) is 5.82 Å². The van der Waals surface area contributed by atoms with E-state index >= 15 is 0 Å². The lowest BCUT2D eigenvalue weighted by atomic mass is 10.1. The summed E-state index contributed by atoms with van der Waals surface area (Å²) in [5, 5.41) is 7.49. The van der Waals surface area contributed by atoms with Crippen molar-refractivity contribution in [1.29, 1.82) is 0 Å². The Labute approximate surface area is 217 Å². The summed E-state index contributed by atoms with van der Waals surface area (Å²) in [5.74, 6) is -0.344. The number of nitrogens with zero attached hydrogens (tertiary/aromatic N) is 6. The van der Waals surface area contributed by atoms with Gasteiger partial charge in [0, 0.05) is 5.92 Å². The average Bonchev–Trinajstić information content (AvgIpc) is 3.29. The summed E-state index contributed by atoms with van der Waals surface area (Å²) in [6, 6.07) is 10.0. The van der Waals surface area contributed by atoms with Crippen LogP contribution in [0.25, 0.3) is 17.2 Å². The molecule has 0 saturated heterocycles. The highest BCUT2D eigenvalue weighted by Crippen LogP contribution is 2.38. The SMILES string of the molecule is COc1cccc(OC)c1-n1c(NS(=O)(=O)[C@@H](C)[C@H](C)c2ncc(F)cn2)nnc1-c1cccc(Cl)n1. The Kier molecular flexibility index (Phi) is 7.55. The standard InChI is InChI=1S/C23H23ClFN7O4S/c1-13(21-26-11-15(25)12-27-21)14(2)37(33,34)31-23-30-29-22(16-7-5-10-19(24)28-16)32(23)20-17(35-3)8-6-9-18(20)36-4/h5-14H,1-4H3,(H,30,31)/t13-,14-/m0/s1. The van der Waals surface area contributed by atoms with E-state index in [1.54, 1.807) is 43.3 Å². The zero-order valence-electron chi connectivity index (χ0n) is 20.3. The molecular formula is C23H23ClFN7O4S. The Morgan fingerprint density at radius 1 is 1.00 bits per heavy atom. The smallest absolute Gasteiger partial charge is 0.243 e. The van der Waals surface area contributed by atoms with Crippen molar-refractivity contribution < 1.29 is 22.3 Å². The summed E-state index contributed by atoms with van der Waals surface area (Å²) in [7, 11) is -1.16. The predicted molar refractivity (Wildman–Crippen MR) is 135 cm³/mol. The minimum Gasteiger partial charge on any atom is -0.494 e. The lowest BCUT2D eigenvalue weighted by Gasteiger charge is -2.21. The molecule has 0 radical (unpaired) electrons. The first-order chi connectivity index (χ1) is 17.7. The number of ether oxygens (including phenoxy) is 2. The maximum atomic E-state index is 13.5. The number of anilines is 1. The van der Waals surface area contributed by atoms with E-state index in [-0.39, 0.29) is 22.8 Å². The molecule has 11 nitrogen and oxygen atoms in total. The van der Waals surface area contributed by atoms with Crippen molar-refractivity contribution in [2.75, 3.05) is 18.9 Å². The van der Waals surface area contributed by atoms with E-state index in [0.717, 1.165) is 12.4 Å². The molecule has 0 aliphatic heterocycles. The van der Waals surface area contributed by atoms with Crippen LogP contribution in [-0.4, -0.2) is 57.6 Å². The number of methoxy groups -OCH3 is 2. The van der Waals surface area contributed by atoms with E-state index in [9.17, 15) is 12.8 Å². The summed E-state index contributed by atoms with van der Waals surface area (Å²) < 4.78 is 55.2. The Morgan fingerprint density at radius 3 is 2.22 bits per heavy atom. The Morgan fingerprint density at radius 2 is 1.62 bits per heavy atom. The van der Waals surface area contributed by atoms with Crippen LogP contribution < -0.4 is 14.2 Å². The number of halogens is 2. The number of hydrogen-bond donors (Lipinski definition) is 1. The molecule has 0 amide bonds. The van der Waals surface area contributed by atoms with Crippen LogP contribution in [0.1, 0.15) is 25.6 Å². The van der Waals surface area contributed by atoms with E-state index in [1.807, 2.05) is 0 Å². The second-order valence-electron chi connectivity index (χ2n) is 7.94. The lowest BCUT2D eigenvalue weighted by molar-refractivity contribution is 0.391. The molecule has 0 spiro atoms. The van der Waals surface area contributed by atoms with Gasteiger partial charge in [-0.3, -0.25) is 9.29 Å². The summed E-state index contributed by atoms with van der Waals surface area (Å²) in [6.07, 6.45) is 1.97. The normalized spacial score (nSPS) is 13.1. The van der Waals surface area contributed by atoms with Crippen LogP contribution in [0.15, 0.2) is 48.8 Å². The van der Waals surface area contributed by atoms with Gasteiger partial charge in [-0.25, -0.2) is 27.8 Å². The fourth-order valence-corrected chi connectivity index (χ4v) is 4.96. The highest BCUT2D eigenvalue weighted by atomic mass is 35.5. The third kappa shape index (κ3) is 5.32. The zero-order valence-corrected chi connectivity index (χ0v) is 21.8. The molecule has 1 aromatic carbocycles. The molecule has 3 aromatic heterocycles. The molecule has 1 N–H and O–H groups in total. The van der Waals surface area contributed by atoms with Crippen molar-refractivity contribution in [2.45, 2.75) is 25.0 Å². The van der Waals surface area contributed by atoms with Crippen LogP contribution in [0.5, 0.6) is 11.5 Å². The fraction of sp³-hybridized carbons (Fsp3) is 0.261. The molecule has 14 heteroatoms. The zero-order chi connectivity index (χ0) is 26.7. The molecule has 0 unspecified atom stereocenters. The quantitative estimate of drug-likeness (QED) is 0.310. The monoisotopic (exact) mass is 547 g/mol. The van der Waals surface area contributed by atoms with Gasteiger partial charge in [-0.1, -0.05) is 30.7 Å².